The van der Waals surface area contributed by atoms with Crippen LogP contribution in [0.3, 0.4) is 0 Å². The standard InChI is InChI=1S/C24H27ClN2O6/c1-2-32-21(28)17-7-9-19(10-8-17)27-23(30)33-16-24(11-13-31-14-12-24)22(29)26-15-18-5-3-4-6-20(18)25/h3-10H,2,11-16H2,1H3,(H,26,29)(H,27,30). The number of carbonyl (C=O) groups excluding carboxylic acids is 3. The molecule has 0 spiro atoms. The average Bonchev–Trinajstić information content (AvgIpc) is 2.83. The normalized spacial score (nSPS) is 14.7. The van der Waals surface area contributed by atoms with Gasteiger partial charge in [-0.1, -0.05) is 29.8 Å². The summed E-state index contributed by atoms with van der Waals surface area (Å²) in [6, 6.07) is 13.5. The summed E-state index contributed by atoms with van der Waals surface area (Å²) >= 11 is 6.18. The van der Waals surface area contributed by atoms with Crippen molar-refractivity contribution in [3.8, 4) is 0 Å². The molecule has 9 heteroatoms. The van der Waals surface area contributed by atoms with Crippen molar-refractivity contribution in [2.45, 2.75) is 26.3 Å². The Morgan fingerprint density at radius 3 is 2.39 bits per heavy atom. The third-order valence-corrected chi connectivity index (χ3v) is 5.82. The van der Waals surface area contributed by atoms with Crippen molar-refractivity contribution in [2.75, 3.05) is 31.7 Å². The molecule has 0 aromatic heterocycles. The van der Waals surface area contributed by atoms with Crippen LogP contribution in [-0.2, 0) is 25.5 Å². The highest BCUT2D eigenvalue weighted by atomic mass is 35.5. The SMILES string of the molecule is CCOC(=O)c1ccc(NC(=O)OCC2(C(=O)NCc3ccccc3Cl)CCOCC2)cc1. The molecule has 176 valence electrons. The predicted octanol–water partition coefficient (Wildman–Crippen LogP) is 4.18. The molecule has 0 unspecified atom stereocenters. The maximum atomic E-state index is 13.1. The molecule has 1 aliphatic heterocycles. The van der Waals surface area contributed by atoms with Crippen molar-refractivity contribution in [1.29, 1.82) is 0 Å². The van der Waals surface area contributed by atoms with Crippen LogP contribution in [0.5, 0.6) is 0 Å². The zero-order valence-electron chi connectivity index (χ0n) is 18.4. The van der Waals surface area contributed by atoms with E-state index in [4.69, 9.17) is 25.8 Å². The lowest BCUT2D eigenvalue weighted by Crippen LogP contribution is -2.48. The quantitative estimate of drug-likeness (QED) is 0.556. The lowest BCUT2D eigenvalue weighted by molar-refractivity contribution is -0.140. The predicted molar refractivity (Wildman–Crippen MR) is 123 cm³/mol. The minimum atomic E-state index is -0.884. The Hall–Kier alpha value is -3.10. The van der Waals surface area contributed by atoms with Crippen LogP contribution < -0.4 is 10.6 Å². The van der Waals surface area contributed by atoms with Gasteiger partial charge in [-0.15, -0.1) is 0 Å². The highest BCUT2D eigenvalue weighted by molar-refractivity contribution is 6.31. The van der Waals surface area contributed by atoms with Crippen LogP contribution in [0.1, 0.15) is 35.7 Å². The first-order valence-corrected chi connectivity index (χ1v) is 11.1. The second-order valence-corrected chi connectivity index (χ2v) is 8.07. The van der Waals surface area contributed by atoms with Crippen molar-refractivity contribution < 1.29 is 28.6 Å². The Morgan fingerprint density at radius 2 is 1.73 bits per heavy atom. The Kier molecular flexibility index (Phi) is 8.68. The molecule has 1 fully saturated rings. The van der Waals surface area contributed by atoms with Gasteiger partial charge in [0.2, 0.25) is 5.91 Å². The lowest BCUT2D eigenvalue weighted by Gasteiger charge is -2.35. The number of benzene rings is 2. The molecule has 0 radical (unpaired) electrons. The second kappa shape index (κ2) is 11.7. The fraction of sp³-hybridized carbons (Fsp3) is 0.375. The van der Waals surface area contributed by atoms with E-state index in [1.165, 1.54) is 0 Å². The van der Waals surface area contributed by atoms with Gasteiger partial charge in [-0.3, -0.25) is 10.1 Å². The Balaban J connectivity index is 1.57. The fourth-order valence-corrected chi connectivity index (χ4v) is 3.67. The fourth-order valence-electron chi connectivity index (χ4n) is 3.47. The molecule has 2 N–H and O–H groups in total. The highest BCUT2D eigenvalue weighted by Crippen LogP contribution is 2.32. The van der Waals surface area contributed by atoms with Crippen LogP contribution >= 0.6 is 11.6 Å². The van der Waals surface area contributed by atoms with Crippen molar-refractivity contribution in [3.05, 3.63) is 64.7 Å². The van der Waals surface area contributed by atoms with Gasteiger partial charge in [-0.2, -0.15) is 0 Å². The van der Waals surface area contributed by atoms with Crippen LogP contribution in [0, 0.1) is 5.41 Å². The number of hydrogen-bond acceptors (Lipinski definition) is 6. The number of amides is 2. The van der Waals surface area contributed by atoms with Crippen LogP contribution in [0.2, 0.25) is 5.02 Å². The van der Waals surface area contributed by atoms with Crippen molar-refractivity contribution in [2.24, 2.45) is 5.41 Å². The summed E-state index contributed by atoms with van der Waals surface area (Å²) in [5.41, 5.74) is 0.758. The monoisotopic (exact) mass is 474 g/mol. The largest absolute Gasteiger partial charge is 0.462 e. The third-order valence-electron chi connectivity index (χ3n) is 5.45. The van der Waals surface area contributed by atoms with Gasteiger partial charge in [0.25, 0.3) is 0 Å². The van der Waals surface area contributed by atoms with Gasteiger partial charge in [0.1, 0.15) is 6.61 Å². The molecule has 1 heterocycles. The van der Waals surface area contributed by atoms with E-state index >= 15 is 0 Å². The minimum Gasteiger partial charge on any atom is -0.462 e. The summed E-state index contributed by atoms with van der Waals surface area (Å²) in [6.45, 7) is 3.01. The van der Waals surface area contributed by atoms with Crippen molar-refractivity contribution in [1.82, 2.24) is 5.32 Å². The van der Waals surface area contributed by atoms with Gasteiger partial charge in [0.05, 0.1) is 17.6 Å². The molecule has 2 amide bonds. The van der Waals surface area contributed by atoms with E-state index in [1.807, 2.05) is 18.2 Å². The van der Waals surface area contributed by atoms with Gasteiger partial charge in [-0.25, -0.2) is 9.59 Å². The topological polar surface area (TPSA) is 103 Å². The van der Waals surface area contributed by atoms with Crippen molar-refractivity contribution >= 4 is 35.3 Å². The number of rotatable bonds is 8. The van der Waals surface area contributed by atoms with Gasteiger partial charge in [0, 0.05) is 30.5 Å². The van der Waals surface area contributed by atoms with E-state index in [1.54, 1.807) is 37.3 Å². The van der Waals surface area contributed by atoms with Gasteiger partial charge in [-0.05, 0) is 55.7 Å². The Labute approximate surface area is 197 Å². The van der Waals surface area contributed by atoms with Gasteiger partial charge >= 0.3 is 12.1 Å². The van der Waals surface area contributed by atoms with Crippen LogP contribution in [0.4, 0.5) is 10.5 Å². The maximum Gasteiger partial charge on any atom is 0.411 e. The summed E-state index contributed by atoms with van der Waals surface area (Å²) in [7, 11) is 0. The summed E-state index contributed by atoms with van der Waals surface area (Å²) < 4.78 is 15.8. The number of halogens is 1. The van der Waals surface area contributed by atoms with Crippen LogP contribution in [-0.4, -0.2) is 44.4 Å². The number of anilines is 1. The zero-order valence-corrected chi connectivity index (χ0v) is 19.2. The number of esters is 1. The number of hydrogen-bond donors (Lipinski definition) is 2. The minimum absolute atomic E-state index is 0.0859. The molecule has 0 atom stereocenters. The highest BCUT2D eigenvalue weighted by Gasteiger charge is 2.41. The molecule has 33 heavy (non-hydrogen) atoms. The van der Waals surface area contributed by atoms with Crippen molar-refractivity contribution in [3.63, 3.8) is 0 Å². The van der Waals surface area contributed by atoms with Crippen LogP contribution in [0.15, 0.2) is 48.5 Å². The number of carbonyl (C=O) groups is 3. The lowest BCUT2D eigenvalue weighted by atomic mass is 9.80. The second-order valence-electron chi connectivity index (χ2n) is 7.67. The molecule has 0 saturated carbocycles. The first-order chi connectivity index (χ1) is 15.9. The van der Waals surface area contributed by atoms with E-state index in [-0.39, 0.29) is 25.7 Å². The molecule has 2 aromatic rings. The molecule has 0 bridgehead atoms. The Morgan fingerprint density at radius 1 is 1.03 bits per heavy atom. The van der Waals surface area contributed by atoms with E-state index < -0.39 is 17.5 Å². The van der Waals surface area contributed by atoms with E-state index in [2.05, 4.69) is 10.6 Å². The van der Waals surface area contributed by atoms with E-state index in [9.17, 15) is 14.4 Å². The molecule has 3 rings (SSSR count). The zero-order chi connectivity index (χ0) is 23.7. The van der Waals surface area contributed by atoms with Crippen LogP contribution in [0.25, 0.3) is 0 Å². The summed E-state index contributed by atoms with van der Waals surface area (Å²) in [5.74, 6) is -0.645. The van der Waals surface area contributed by atoms with E-state index in [0.29, 0.717) is 42.3 Å². The molecule has 0 aliphatic carbocycles. The smallest absolute Gasteiger partial charge is 0.411 e. The third kappa shape index (κ3) is 6.69. The first kappa shape index (κ1) is 24.5. The van der Waals surface area contributed by atoms with E-state index in [0.717, 1.165) is 5.56 Å². The maximum absolute atomic E-state index is 13.1. The molecule has 1 saturated heterocycles. The average molecular weight is 475 g/mol. The Bertz CT molecular complexity index is 973. The molecule has 8 nitrogen and oxygen atoms in total. The first-order valence-electron chi connectivity index (χ1n) is 10.7. The molecular formula is C24H27ClN2O6. The number of nitrogens with one attached hydrogen (secondary N) is 2. The van der Waals surface area contributed by atoms with Gasteiger partial charge < -0.3 is 19.5 Å². The number of ether oxygens (including phenoxy) is 3. The molecular weight excluding hydrogens is 448 g/mol. The van der Waals surface area contributed by atoms with Gasteiger partial charge in [0.15, 0.2) is 0 Å². The summed E-state index contributed by atoms with van der Waals surface area (Å²) in [4.78, 5) is 37.2. The molecule has 1 aliphatic rings. The summed E-state index contributed by atoms with van der Waals surface area (Å²) in [6.07, 6.45) is 0.176. The molecule has 2 aromatic carbocycles. The summed E-state index contributed by atoms with van der Waals surface area (Å²) in [5, 5.41) is 6.10.